The van der Waals surface area contributed by atoms with E-state index in [-0.39, 0.29) is 30.3 Å². The Bertz CT molecular complexity index is 696. The van der Waals surface area contributed by atoms with Gasteiger partial charge in [-0.1, -0.05) is 0 Å². The number of aromatic nitrogens is 2. The van der Waals surface area contributed by atoms with Crippen molar-refractivity contribution >= 4 is 11.0 Å². The highest BCUT2D eigenvalue weighted by atomic mass is 19.4. The first-order valence-electron chi connectivity index (χ1n) is 7.76. The van der Waals surface area contributed by atoms with Gasteiger partial charge in [0, 0.05) is 36.8 Å². The average Bonchev–Trinajstić information content (AvgIpc) is 2.86. The molecule has 4 nitrogen and oxygen atoms in total. The zero-order valence-electron chi connectivity index (χ0n) is 13.0. The molecule has 126 valence electrons. The number of aryl methyl sites for hydroxylation is 1. The first-order valence-corrected chi connectivity index (χ1v) is 7.76. The van der Waals surface area contributed by atoms with E-state index in [4.69, 9.17) is 0 Å². The Hall–Kier alpha value is -1.60. The molecule has 0 aromatic carbocycles. The summed E-state index contributed by atoms with van der Waals surface area (Å²) in [5.41, 5.74) is 0.644. The van der Waals surface area contributed by atoms with Gasteiger partial charge in [0.25, 0.3) is 0 Å². The molecule has 2 aromatic heterocycles. The Kier molecular flexibility index (Phi) is 4.33. The predicted octanol–water partition coefficient (Wildman–Crippen LogP) is 3.09. The second-order valence-electron chi connectivity index (χ2n) is 6.31. The van der Waals surface area contributed by atoms with Crippen LogP contribution < -0.4 is 0 Å². The van der Waals surface area contributed by atoms with Crippen LogP contribution in [0.15, 0.2) is 12.3 Å². The van der Waals surface area contributed by atoms with Gasteiger partial charge in [-0.05, 0) is 43.9 Å². The van der Waals surface area contributed by atoms with Crippen molar-refractivity contribution in [2.75, 3.05) is 19.7 Å². The number of alkyl halides is 3. The summed E-state index contributed by atoms with van der Waals surface area (Å²) < 4.78 is 40.1. The van der Waals surface area contributed by atoms with E-state index in [0.29, 0.717) is 11.9 Å². The van der Waals surface area contributed by atoms with Gasteiger partial charge in [-0.15, -0.1) is 0 Å². The minimum Gasteiger partial charge on any atom is -0.396 e. The van der Waals surface area contributed by atoms with Crippen LogP contribution in [0.3, 0.4) is 0 Å². The van der Waals surface area contributed by atoms with Crippen molar-refractivity contribution in [2.45, 2.75) is 32.5 Å². The molecule has 1 unspecified atom stereocenters. The number of aliphatic hydroxyl groups is 1. The minimum atomic E-state index is -4.43. The number of hydrogen-bond acceptors (Lipinski definition) is 3. The number of nitrogens with zero attached hydrogens (tertiary/aromatic N) is 2. The molecule has 2 N–H and O–H groups in total. The third kappa shape index (κ3) is 3.35. The molecular weight excluding hydrogens is 307 g/mol. The zero-order valence-corrected chi connectivity index (χ0v) is 13.0. The highest BCUT2D eigenvalue weighted by Gasteiger charge is 2.37. The van der Waals surface area contributed by atoms with Crippen LogP contribution in [0.5, 0.6) is 0 Å². The Morgan fingerprint density at radius 1 is 1.43 bits per heavy atom. The van der Waals surface area contributed by atoms with Crippen molar-refractivity contribution < 1.29 is 18.3 Å². The number of halogens is 3. The maximum atomic E-state index is 13.4. The van der Waals surface area contributed by atoms with Gasteiger partial charge in [0.15, 0.2) is 0 Å². The van der Waals surface area contributed by atoms with Crippen molar-refractivity contribution in [1.29, 1.82) is 0 Å². The summed E-state index contributed by atoms with van der Waals surface area (Å²) in [5, 5.41) is 9.84. The van der Waals surface area contributed by atoms with Crippen molar-refractivity contribution in [3.63, 3.8) is 0 Å². The fourth-order valence-corrected chi connectivity index (χ4v) is 3.30. The normalized spacial score (nSPS) is 20.3. The van der Waals surface area contributed by atoms with Gasteiger partial charge in [-0.3, -0.25) is 4.90 Å². The summed E-state index contributed by atoms with van der Waals surface area (Å²) in [7, 11) is 0. The molecule has 0 aliphatic carbocycles. The van der Waals surface area contributed by atoms with E-state index >= 15 is 0 Å². The van der Waals surface area contributed by atoms with E-state index in [0.717, 1.165) is 24.9 Å². The monoisotopic (exact) mass is 327 g/mol. The fraction of sp³-hybridized carbons (Fsp3) is 0.562. The lowest BCUT2D eigenvalue weighted by molar-refractivity contribution is -0.141. The number of hydrogen-bond donors (Lipinski definition) is 2. The predicted molar refractivity (Wildman–Crippen MR) is 80.9 cm³/mol. The van der Waals surface area contributed by atoms with Crippen LogP contribution in [-0.2, 0) is 12.7 Å². The largest absolute Gasteiger partial charge is 0.431 e. The molecule has 0 radical (unpaired) electrons. The highest BCUT2D eigenvalue weighted by Crippen LogP contribution is 2.36. The van der Waals surface area contributed by atoms with Crippen LogP contribution in [-0.4, -0.2) is 39.7 Å². The van der Waals surface area contributed by atoms with Gasteiger partial charge >= 0.3 is 6.18 Å². The molecule has 2 aromatic rings. The number of aromatic amines is 1. The summed E-state index contributed by atoms with van der Waals surface area (Å²) in [5.74, 6) is 0.142. The van der Waals surface area contributed by atoms with Gasteiger partial charge in [-0.25, -0.2) is 4.98 Å². The van der Waals surface area contributed by atoms with Gasteiger partial charge in [0.1, 0.15) is 11.3 Å². The molecular formula is C16H20F3N3O. The van der Waals surface area contributed by atoms with E-state index in [2.05, 4.69) is 9.97 Å². The number of pyridine rings is 1. The summed E-state index contributed by atoms with van der Waals surface area (Å²) in [4.78, 5) is 8.51. The molecule has 1 atom stereocenters. The molecule has 3 heterocycles. The number of piperidine rings is 1. The molecule has 0 saturated carbocycles. The quantitative estimate of drug-likeness (QED) is 0.911. The lowest BCUT2D eigenvalue weighted by Crippen LogP contribution is -2.36. The molecule has 1 aliphatic rings. The van der Waals surface area contributed by atoms with Crippen LogP contribution in [0.1, 0.15) is 29.7 Å². The Morgan fingerprint density at radius 3 is 2.91 bits per heavy atom. The lowest BCUT2D eigenvalue weighted by Gasteiger charge is -2.32. The molecule has 1 fully saturated rings. The maximum Gasteiger partial charge on any atom is 0.431 e. The van der Waals surface area contributed by atoms with Gasteiger partial charge in [0.05, 0.1) is 0 Å². The topological polar surface area (TPSA) is 52.2 Å². The SMILES string of the molecule is Cc1cnc2[nH]c(C(F)(F)F)c(CN3CCCC(CO)C3)c2c1. The van der Waals surface area contributed by atoms with Crippen molar-refractivity contribution in [3.8, 4) is 0 Å². The van der Waals surface area contributed by atoms with Crippen LogP contribution >= 0.6 is 0 Å². The molecule has 7 heteroatoms. The standard InChI is InChI=1S/C16H20F3N3O/c1-10-5-12-13(8-22-4-2-3-11(7-22)9-23)14(16(17,18)19)21-15(12)20-6-10/h5-6,11,23H,2-4,7-9H2,1H3,(H,20,21). The molecule has 0 spiro atoms. The molecule has 1 aliphatic heterocycles. The first kappa shape index (κ1) is 16.3. The maximum absolute atomic E-state index is 13.4. The molecule has 3 rings (SSSR count). The summed E-state index contributed by atoms with van der Waals surface area (Å²) in [6.45, 7) is 3.49. The van der Waals surface area contributed by atoms with E-state index in [1.807, 2.05) is 11.8 Å². The van der Waals surface area contributed by atoms with Crippen LogP contribution in [0, 0.1) is 12.8 Å². The van der Waals surface area contributed by atoms with Gasteiger partial charge in [0.2, 0.25) is 0 Å². The fourth-order valence-electron chi connectivity index (χ4n) is 3.30. The van der Waals surface area contributed by atoms with E-state index in [1.165, 1.54) is 0 Å². The van der Waals surface area contributed by atoms with E-state index in [9.17, 15) is 18.3 Å². The van der Waals surface area contributed by atoms with Crippen molar-refractivity contribution in [2.24, 2.45) is 5.92 Å². The molecule has 0 amide bonds. The van der Waals surface area contributed by atoms with E-state index < -0.39 is 11.9 Å². The van der Waals surface area contributed by atoms with Crippen LogP contribution in [0.4, 0.5) is 13.2 Å². The second-order valence-corrected chi connectivity index (χ2v) is 6.31. The average molecular weight is 327 g/mol. The highest BCUT2D eigenvalue weighted by molar-refractivity contribution is 5.82. The lowest BCUT2D eigenvalue weighted by atomic mass is 9.98. The van der Waals surface area contributed by atoms with E-state index in [1.54, 1.807) is 12.3 Å². The first-order chi connectivity index (χ1) is 10.9. The summed E-state index contributed by atoms with van der Waals surface area (Å²) in [6.07, 6.45) is -1.05. The van der Waals surface area contributed by atoms with Crippen molar-refractivity contribution in [1.82, 2.24) is 14.9 Å². The van der Waals surface area contributed by atoms with Crippen LogP contribution in [0.25, 0.3) is 11.0 Å². The number of H-pyrrole nitrogens is 1. The second kappa shape index (κ2) is 6.13. The number of nitrogens with one attached hydrogen (secondary N) is 1. The number of likely N-dealkylation sites (tertiary alicyclic amines) is 1. The van der Waals surface area contributed by atoms with Crippen LogP contribution in [0.2, 0.25) is 0 Å². The molecule has 23 heavy (non-hydrogen) atoms. The third-order valence-electron chi connectivity index (χ3n) is 4.42. The smallest absolute Gasteiger partial charge is 0.396 e. The van der Waals surface area contributed by atoms with Gasteiger partial charge < -0.3 is 10.1 Å². The minimum absolute atomic E-state index is 0.0805. The Balaban J connectivity index is 1.99. The third-order valence-corrected chi connectivity index (χ3v) is 4.42. The van der Waals surface area contributed by atoms with Gasteiger partial charge in [-0.2, -0.15) is 13.2 Å². The number of rotatable bonds is 3. The summed E-state index contributed by atoms with van der Waals surface area (Å²) in [6, 6.07) is 1.75. The summed E-state index contributed by atoms with van der Waals surface area (Å²) >= 11 is 0. The van der Waals surface area contributed by atoms with Crippen molar-refractivity contribution in [3.05, 3.63) is 29.1 Å². The Morgan fingerprint density at radius 2 is 2.22 bits per heavy atom. The zero-order chi connectivity index (χ0) is 16.6. The molecule has 0 bridgehead atoms. The molecule has 1 saturated heterocycles. The number of aliphatic hydroxyl groups excluding tert-OH is 1. The number of fused-ring (bicyclic) bond motifs is 1. The Labute approximate surface area is 132 Å².